The lowest BCUT2D eigenvalue weighted by Crippen LogP contribution is -2.07. The molecule has 0 fully saturated rings. The van der Waals surface area contributed by atoms with E-state index in [2.05, 4.69) is 4.98 Å². The summed E-state index contributed by atoms with van der Waals surface area (Å²) < 4.78 is 5.39. The summed E-state index contributed by atoms with van der Waals surface area (Å²) in [4.78, 5) is 14.5. The van der Waals surface area contributed by atoms with Crippen LogP contribution in [0.5, 0.6) is 5.88 Å². The summed E-state index contributed by atoms with van der Waals surface area (Å²) in [5.74, 6) is 0.0286. The number of rotatable bonds is 5. The molecule has 4 nitrogen and oxygen atoms in total. The number of aromatic nitrogens is 1. The molecular formula is C11H15NO3. The first-order valence-corrected chi connectivity index (χ1v) is 4.88. The first kappa shape index (κ1) is 11.5. The van der Waals surface area contributed by atoms with Crippen molar-refractivity contribution in [2.75, 3.05) is 6.61 Å². The highest BCUT2D eigenvalue weighted by Crippen LogP contribution is 2.09. The molecule has 0 aliphatic heterocycles. The molecular weight excluding hydrogens is 194 g/mol. The van der Waals surface area contributed by atoms with E-state index in [9.17, 15) is 4.79 Å². The SMILES string of the molecule is CC(C)COc1cccc(CC(=O)O)n1. The Morgan fingerprint density at radius 2 is 2.27 bits per heavy atom. The van der Waals surface area contributed by atoms with Crippen molar-refractivity contribution in [3.05, 3.63) is 23.9 Å². The Bertz CT molecular complexity index is 336. The Kier molecular flexibility index (Phi) is 4.09. The lowest BCUT2D eigenvalue weighted by atomic mass is 10.2. The second-order valence-corrected chi connectivity index (χ2v) is 3.74. The molecule has 0 atom stereocenters. The molecule has 1 heterocycles. The molecule has 15 heavy (non-hydrogen) atoms. The smallest absolute Gasteiger partial charge is 0.309 e. The van der Waals surface area contributed by atoms with Gasteiger partial charge in [-0.25, -0.2) is 4.98 Å². The summed E-state index contributed by atoms with van der Waals surface area (Å²) in [6.45, 7) is 4.67. The standard InChI is InChI=1S/C11H15NO3/c1-8(2)7-15-10-5-3-4-9(12-10)6-11(13)14/h3-5,8H,6-7H2,1-2H3,(H,13,14). The molecule has 0 amide bonds. The molecule has 0 saturated heterocycles. The van der Waals surface area contributed by atoms with Crippen molar-refractivity contribution in [3.8, 4) is 5.88 Å². The van der Waals surface area contributed by atoms with Gasteiger partial charge in [-0.2, -0.15) is 0 Å². The van der Waals surface area contributed by atoms with Crippen LogP contribution in [0.4, 0.5) is 0 Å². The van der Waals surface area contributed by atoms with Gasteiger partial charge in [-0.05, 0) is 12.0 Å². The van der Waals surface area contributed by atoms with Crippen LogP contribution >= 0.6 is 0 Å². The summed E-state index contributed by atoms with van der Waals surface area (Å²) in [5.41, 5.74) is 0.517. The van der Waals surface area contributed by atoms with Gasteiger partial charge in [0.1, 0.15) is 0 Å². The van der Waals surface area contributed by atoms with Crippen LogP contribution in [-0.4, -0.2) is 22.7 Å². The normalized spacial score (nSPS) is 10.3. The van der Waals surface area contributed by atoms with Crippen LogP contribution in [0.3, 0.4) is 0 Å². The van der Waals surface area contributed by atoms with Gasteiger partial charge in [0.25, 0.3) is 0 Å². The predicted octanol–water partition coefficient (Wildman–Crippen LogP) is 1.74. The average Bonchev–Trinajstić information content (AvgIpc) is 2.14. The molecule has 0 aliphatic carbocycles. The molecule has 1 aromatic rings. The number of aliphatic carboxylic acids is 1. The minimum absolute atomic E-state index is 0.0706. The third kappa shape index (κ3) is 4.44. The van der Waals surface area contributed by atoms with Gasteiger partial charge in [-0.15, -0.1) is 0 Å². The number of carboxylic acids is 1. The minimum atomic E-state index is -0.886. The number of carboxylic acid groups (broad SMARTS) is 1. The predicted molar refractivity (Wildman–Crippen MR) is 55.9 cm³/mol. The summed E-state index contributed by atoms with van der Waals surface area (Å²) >= 11 is 0. The van der Waals surface area contributed by atoms with Gasteiger partial charge in [-0.3, -0.25) is 4.79 Å². The Morgan fingerprint density at radius 1 is 1.53 bits per heavy atom. The highest BCUT2D eigenvalue weighted by atomic mass is 16.5. The Morgan fingerprint density at radius 3 is 2.87 bits per heavy atom. The van der Waals surface area contributed by atoms with Gasteiger partial charge < -0.3 is 9.84 Å². The van der Waals surface area contributed by atoms with Crippen LogP contribution in [0.15, 0.2) is 18.2 Å². The number of hydrogen-bond acceptors (Lipinski definition) is 3. The summed E-state index contributed by atoms with van der Waals surface area (Å²) in [6, 6.07) is 5.16. The van der Waals surface area contributed by atoms with Crippen molar-refractivity contribution in [1.82, 2.24) is 4.98 Å². The molecule has 1 aromatic heterocycles. The zero-order valence-corrected chi connectivity index (χ0v) is 8.93. The molecule has 0 aliphatic rings. The molecule has 0 radical (unpaired) electrons. The fraction of sp³-hybridized carbons (Fsp3) is 0.455. The van der Waals surface area contributed by atoms with Crippen molar-refractivity contribution >= 4 is 5.97 Å². The number of carbonyl (C=O) groups is 1. The third-order valence-electron chi connectivity index (χ3n) is 1.68. The number of pyridine rings is 1. The third-order valence-corrected chi connectivity index (χ3v) is 1.68. The van der Waals surface area contributed by atoms with Gasteiger partial charge in [-0.1, -0.05) is 19.9 Å². The van der Waals surface area contributed by atoms with Gasteiger partial charge in [0.05, 0.1) is 18.7 Å². The topological polar surface area (TPSA) is 59.4 Å². The average molecular weight is 209 g/mol. The number of hydrogen-bond donors (Lipinski definition) is 1. The van der Waals surface area contributed by atoms with E-state index in [1.54, 1.807) is 18.2 Å². The van der Waals surface area contributed by atoms with E-state index in [0.717, 1.165) is 0 Å². The Labute approximate surface area is 88.9 Å². The largest absolute Gasteiger partial charge is 0.481 e. The summed E-state index contributed by atoms with van der Waals surface area (Å²) in [6.07, 6.45) is -0.0706. The highest BCUT2D eigenvalue weighted by molar-refractivity contribution is 5.69. The van der Waals surface area contributed by atoms with Crippen LogP contribution in [0, 0.1) is 5.92 Å². The zero-order valence-electron chi connectivity index (χ0n) is 8.93. The summed E-state index contributed by atoms with van der Waals surface area (Å²) in [7, 11) is 0. The lowest BCUT2D eigenvalue weighted by Gasteiger charge is -2.08. The van der Waals surface area contributed by atoms with Crippen molar-refractivity contribution in [3.63, 3.8) is 0 Å². The maximum absolute atomic E-state index is 10.5. The quantitative estimate of drug-likeness (QED) is 0.802. The molecule has 0 spiro atoms. The molecule has 0 unspecified atom stereocenters. The van der Waals surface area contributed by atoms with Crippen molar-refractivity contribution < 1.29 is 14.6 Å². The van der Waals surface area contributed by atoms with E-state index in [4.69, 9.17) is 9.84 Å². The second kappa shape index (κ2) is 5.34. The molecule has 1 N–H and O–H groups in total. The fourth-order valence-corrected chi connectivity index (χ4v) is 1.04. The molecule has 0 aromatic carbocycles. The fourth-order valence-electron chi connectivity index (χ4n) is 1.04. The van der Waals surface area contributed by atoms with E-state index in [1.807, 2.05) is 13.8 Å². The van der Waals surface area contributed by atoms with E-state index >= 15 is 0 Å². The van der Waals surface area contributed by atoms with Crippen LogP contribution < -0.4 is 4.74 Å². The van der Waals surface area contributed by atoms with E-state index in [-0.39, 0.29) is 6.42 Å². The minimum Gasteiger partial charge on any atom is -0.481 e. The van der Waals surface area contributed by atoms with Crippen molar-refractivity contribution in [2.24, 2.45) is 5.92 Å². The van der Waals surface area contributed by atoms with E-state index in [1.165, 1.54) is 0 Å². The Hall–Kier alpha value is -1.58. The van der Waals surface area contributed by atoms with Crippen LogP contribution in [-0.2, 0) is 11.2 Å². The van der Waals surface area contributed by atoms with Crippen molar-refractivity contribution in [1.29, 1.82) is 0 Å². The van der Waals surface area contributed by atoms with Crippen LogP contribution in [0.25, 0.3) is 0 Å². The molecule has 4 heteroatoms. The van der Waals surface area contributed by atoms with Crippen LogP contribution in [0.1, 0.15) is 19.5 Å². The number of nitrogens with zero attached hydrogens (tertiary/aromatic N) is 1. The maximum Gasteiger partial charge on any atom is 0.309 e. The van der Waals surface area contributed by atoms with E-state index < -0.39 is 5.97 Å². The lowest BCUT2D eigenvalue weighted by molar-refractivity contribution is -0.136. The number of ether oxygens (including phenoxy) is 1. The monoisotopic (exact) mass is 209 g/mol. The Balaban J connectivity index is 2.61. The maximum atomic E-state index is 10.5. The molecule has 0 bridgehead atoms. The first-order chi connectivity index (χ1) is 7.08. The van der Waals surface area contributed by atoms with Crippen LogP contribution in [0.2, 0.25) is 0 Å². The van der Waals surface area contributed by atoms with Gasteiger partial charge in [0, 0.05) is 6.07 Å². The molecule has 0 saturated carbocycles. The zero-order chi connectivity index (χ0) is 11.3. The van der Waals surface area contributed by atoms with Gasteiger partial charge in [0.2, 0.25) is 5.88 Å². The highest BCUT2D eigenvalue weighted by Gasteiger charge is 2.04. The van der Waals surface area contributed by atoms with E-state index in [0.29, 0.717) is 24.1 Å². The second-order valence-electron chi connectivity index (χ2n) is 3.74. The molecule has 82 valence electrons. The van der Waals surface area contributed by atoms with Gasteiger partial charge >= 0.3 is 5.97 Å². The van der Waals surface area contributed by atoms with Crippen molar-refractivity contribution in [2.45, 2.75) is 20.3 Å². The van der Waals surface area contributed by atoms with Gasteiger partial charge in [0.15, 0.2) is 0 Å². The molecule has 1 rings (SSSR count). The summed E-state index contributed by atoms with van der Waals surface area (Å²) in [5, 5.41) is 8.60. The first-order valence-electron chi connectivity index (χ1n) is 4.88.